The molecule has 2 atom stereocenters. The van der Waals surface area contributed by atoms with Crippen molar-refractivity contribution in [2.24, 2.45) is 0 Å². The fraction of sp³-hybridized carbons (Fsp3) is 0.300. The van der Waals surface area contributed by atoms with Crippen LogP contribution in [0.1, 0.15) is 24.2 Å². The Kier molecular flexibility index (Phi) is 5.82. The van der Waals surface area contributed by atoms with Crippen molar-refractivity contribution in [3.05, 3.63) is 53.1 Å². The first-order valence-electron chi connectivity index (χ1n) is 9.36. The third-order valence-corrected chi connectivity index (χ3v) is 7.83. The van der Waals surface area contributed by atoms with Gasteiger partial charge in [0.2, 0.25) is 10.0 Å². The van der Waals surface area contributed by atoms with Gasteiger partial charge in [-0.25, -0.2) is 13.4 Å². The van der Waals surface area contributed by atoms with Gasteiger partial charge in [0.1, 0.15) is 0 Å². The van der Waals surface area contributed by atoms with Crippen molar-refractivity contribution in [1.82, 2.24) is 9.29 Å². The molecule has 1 fully saturated rings. The van der Waals surface area contributed by atoms with Crippen LogP contribution in [-0.2, 0) is 14.8 Å². The molecule has 0 saturated carbocycles. The van der Waals surface area contributed by atoms with E-state index in [0.29, 0.717) is 5.13 Å². The second-order valence-corrected chi connectivity index (χ2v) is 10.5. The lowest BCUT2D eigenvalue weighted by molar-refractivity contribution is -0.0440. The summed E-state index contributed by atoms with van der Waals surface area (Å²) >= 11 is 7.54. The van der Waals surface area contributed by atoms with Gasteiger partial charge >= 0.3 is 0 Å². The molecular formula is C20H20ClN3O4S2. The number of amides is 1. The minimum absolute atomic E-state index is 0.0163. The SMILES string of the molecule is C[C@@H]1CN(S(=O)(=O)c2ccc(Cl)c(C(=O)Nc3nc4ccccc4s3)c2)C[C@@H](C)O1. The van der Waals surface area contributed by atoms with Gasteiger partial charge in [0.25, 0.3) is 5.91 Å². The predicted molar refractivity (Wildman–Crippen MR) is 118 cm³/mol. The average molecular weight is 466 g/mol. The van der Waals surface area contributed by atoms with E-state index >= 15 is 0 Å². The van der Waals surface area contributed by atoms with Gasteiger partial charge in [-0.05, 0) is 44.2 Å². The van der Waals surface area contributed by atoms with E-state index < -0.39 is 15.9 Å². The maximum atomic E-state index is 13.1. The number of aromatic nitrogens is 1. The number of sulfonamides is 1. The summed E-state index contributed by atoms with van der Waals surface area (Å²) in [4.78, 5) is 17.2. The molecule has 1 aromatic heterocycles. The maximum absolute atomic E-state index is 13.1. The first-order valence-corrected chi connectivity index (χ1v) is 12.0. The Bertz CT molecular complexity index is 1170. The number of benzene rings is 2. The van der Waals surface area contributed by atoms with E-state index in [0.717, 1.165) is 10.2 Å². The zero-order valence-corrected chi connectivity index (χ0v) is 18.7. The van der Waals surface area contributed by atoms with Gasteiger partial charge in [-0.2, -0.15) is 4.31 Å². The number of anilines is 1. The lowest BCUT2D eigenvalue weighted by atomic mass is 10.2. The van der Waals surface area contributed by atoms with Gasteiger partial charge in [0, 0.05) is 13.1 Å². The molecule has 0 unspecified atom stereocenters. The summed E-state index contributed by atoms with van der Waals surface area (Å²) in [6.45, 7) is 4.17. The second kappa shape index (κ2) is 8.24. The van der Waals surface area contributed by atoms with Gasteiger partial charge in [-0.15, -0.1) is 0 Å². The molecule has 0 spiro atoms. The highest BCUT2D eigenvalue weighted by Gasteiger charge is 2.32. The van der Waals surface area contributed by atoms with Crippen LogP contribution in [0.2, 0.25) is 5.02 Å². The van der Waals surface area contributed by atoms with E-state index in [-0.39, 0.29) is 40.8 Å². The summed E-state index contributed by atoms with van der Waals surface area (Å²) in [6.07, 6.45) is -0.421. The highest BCUT2D eigenvalue weighted by molar-refractivity contribution is 7.89. The molecule has 4 rings (SSSR count). The number of nitrogens with zero attached hydrogens (tertiary/aromatic N) is 2. The maximum Gasteiger partial charge on any atom is 0.259 e. The van der Waals surface area contributed by atoms with Crippen molar-refractivity contribution in [2.75, 3.05) is 18.4 Å². The number of hydrogen-bond donors (Lipinski definition) is 1. The van der Waals surface area contributed by atoms with E-state index in [1.165, 1.54) is 33.8 Å². The number of nitrogens with one attached hydrogen (secondary N) is 1. The van der Waals surface area contributed by atoms with Crippen molar-refractivity contribution >= 4 is 54.2 Å². The average Bonchev–Trinajstić information content (AvgIpc) is 3.09. The lowest BCUT2D eigenvalue weighted by Crippen LogP contribution is -2.48. The van der Waals surface area contributed by atoms with Gasteiger partial charge in [0.15, 0.2) is 5.13 Å². The zero-order chi connectivity index (χ0) is 21.5. The summed E-state index contributed by atoms with van der Waals surface area (Å²) in [5.41, 5.74) is 0.849. The van der Waals surface area contributed by atoms with E-state index in [1.807, 2.05) is 38.1 Å². The molecule has 10 heteroatoms. The van der Waals surface area contributed by atoms with Crippen molar-refractivity contribution < 1.29 is 17.9 Å². The fourth-order valence-corrected chi connectivity index (χ4v) is 6.09. The molecule has 158 valence electrons. The predicted octanol–water partition coefficient (Wildman–Crippen LogP) is 4.00. The summed E-state index contributed by atoms with van der Waals surface area (Å²) < 4.78 is 34.2. The van der Waals surface area contributed by atoms with E-state index in [2.05, 4.69) is 10.3 Å². The smallest absolute Gasteiger partial charge is 0.259 e. The van der Waals surface area contributed by atoms with Gasteiger partial charge in [0.05, 0.1) is 37.9 Å². The molecule has 1 aliphatic heterocycles. The van der Waals surface area contributed by atoms with Crippen molar-refractivity contribution in [3.63, 3.8) is 0 Å². The van der Waals surface area contributed by atoms with Crippen LogP contribution in [0, 0.1) is 0 Å². The minimum Gasteiger partial charge on any atom is -0.373 e. The number of morpholine rings is 1. The molecule has 30 heavy (non-hydrogen) atoms. The summed E-state index contributed by atoms with van der Waals surface area (Å²) in [6, 6.07) is 11.7. The van der Waals surface area contributed by atoms with Crippen molar-refractivity contribution in [3.8, 4) is 0 Å². The van der Waals surface area contributed by atoms with Crippen LogP contribution < -0.4 is 5.32 Å². The molecule has 0 radical (unpaired) electrons. The molecule has 7 nitrogen and oxygen atoms in total. The van der Waals surface area contributed by atoms with Gasteiger partial charge in [-0.3, -0.25) is 10.1 Å². The zero-order valence-electron chi connectivity index (χ0n) is 16.3. The van der Waals surface area contributed by atoms with Crippen LogP contribution in [0.25, 0.3) is 10.2 Å². The summed E-state index contributed by atoms with van der Waals surface area (Å²) in [7, 11) is -3.79. The molecule has 2 aromatic carbocycles. The third kappa shape index (κ3) is 4.21. The van der Waals surface area contributed by atoms with E-state index in [4.69, 9.17) is 16.3 Å². The number of carbonyl (C=O) groups is 1. The Hall–Kier alpha value is -2.04. The number of thiazole rings is 1. The number of ether oxygens (including phenoxy) is 1. The fourth-order valence-electron chi connectivity index (χ4n) is 3.41. The van der Waals surface area contributed by atoms with Crippen LogP contribution >= 0.6 is 22.9 Å². The quantitative estimate of drug-likeness (QED) is 0.629. The highest BCUT2D eigenvalue weighted by Crippen LogP contribution is 2.28. The van der Waals surface area contributed by atoms with Crippen LogP contribution in [0.5, 0.6) is 0 Å². The van der Waals surface area contributed by atoms with Crippen LogP contribution in [0.3, 0.4) is 0 Å². The van der Waals surface area contributed by atoms with Gasteiger partial charge < -0.3 is 4.74 Å². The molecule has 0 bridgehead atoms. The summed E-state index contributed by atoms with van der Waals surface area (Å²) in [5.74, 6) is -0.514. The molecule has 3 aromatic rings. The topological polar surface area (TPSA) is 88.6 Å². The summed E-state index contributed by atoms with van der Waals surface area (Å²) in [5, 5.41) is 3.30. The monoisotopic (exact) mass is 465 g/mol. The Labute approximate surface area is 183 Å². The van der Waals surface area contributed by atoms with Crippen LogP contribution in [-0.4, -0.2) is 48.9 Å². The van der Waals surface area contributed by atoms with E-state index in [9.17, 15) is 13.2 Å². The van der Waals surface area contributed by atoms with Gasteiger partial charge in [-0.1, -0.05) is 35.1 Å². The normalized spacial score (nSPS) is 20.4. The lowest BCUT2D eigenvalue weighted by Gasteiger charge is -2.34. The molecule has 1 saturated heterocycles. The van der Waals surface area contributed by atoms with Crippen molar-refractivity contribution in [2.45, 2.75) is 31.0 Å². The number of carbonyl (C=O) groups excluding carboxylic acids is 1. The Morgan fingerprint density at radius 1 is 1.20 bits per heavy atom. The number of para-hydroxylation sites is 1. The largest absolute Gasteiger partial charge is 0.373 e. The first-order chi connectivity index (χ1) is 14.2. The molecule has 1 amide bonds. The molecular weight excluding hydrogens is 446 g/mol. The number of rotatable bonds is 4. The second-order valence-electron chi connectivity index (χ2n) is 7.16. The number of hydrogen-bond acceptors (Lipinski definition) is 6. The standard InChI is InChI=1S/C20H20ClN3O4S2/c1-12-10-24(11-13(2)28-12)30(26,27)14-7-8-16(21)15(9-14)19(25)23-20-22-17-5-3-4-6-18(17)29-20/h3-9,12-13H,10-11H2,1-2H3,(H,22,23,25)/t12-,13-/m1/s1. The van der Waals surface area contributed by atoms with Crippen LogP contribution in [0.15, 0.2) is 47.4 Å². The molecule has 2 heterocycles. The Balaban J connectivity index is 1.61. The van der Waals surface area contributed by atoms with Crippen molar-refractivity contribution in [1.29, 1.82) is 0 Å². The Morgan fingerprint density at radius 2 is 1.90 bits per heavy atom. The molecule has 0 aliphatic carbocycles. The Morgan fingerprint density at radius 3 is 2.60 bits per heavy atom. The molecule has 1 N–H and O–H groups in total. The first kappa shape index (κ1) is 21.2. The molecule has 1 aliphatic rings. The number of fused-ring (bicyclic) bond motifs is 1. The van der Waals surface area contributed by atoms with Crippen LogP contribution in [0.4, 0.5) is 5.13 Å². The highest BCUT2D eigenvalue weighted by atomic mass is 35.5. The minimum atomic E-state index is -3.79. The number of halogens is 1. The van der Waals surface area contributed by atoms with E-state index in [1.54, 1.807) is 0 Å². The third-order valence-electron chi connectivity index (χ3n) is 4.72.